The summed E-state index contributed by atoms with van der Waals surface area (Å²) in [5.41, 5.74) is 5.86. The lowest BCUT2D eigenvalue weighted by Crippen LogP contribution is -2.35. The van der Waals surface area contributed by atoms with Gasteiger partial charge in [0.15, 0.2) is 0 Å². The zero-order valence-corrected chi connectivity index (χ0v) is 10.1. The Morgan fingerprint density at radius 1 is 1.62 bits per heavy atom. The first-order chi connectivity index (χ1) is 7.63. The molecule has 0 spiro atoms. The van der Waals surface area contributed by atoms with Crippen molar-refractivity contribution >= 4 is 5.91 Å². The zero-order chi connectivity index (χ0) is 11.6. The molecule has 0 aromatic heterocycles. The maximum absolute atomic E-state index is 12.0. The number of likely N-dealkylation sites (tertiary alicyclic amines) is 1. The summed E-state index contributed by atoms with van der Waals surface area (Å²) in [6.07, 6.45) is 3.88. The van der Waals surface area contributed by atoms with Gasteiger partial charge < -0.3 is 15.4 Å². The molecule has 1 amide bonds. The highest BCUT2D eigenvalue weighted by atomic mass is 16.5. The highest BCUT2D eigenvalue weighted by molar-refractivity contribution is 5.77. The Bertz CT molecular complexity index is 264. The summed E-state index contributed by atoms with van der Waals surface area (Å²) in [6.45, 7) is 5.32. The molecule has 2 aliphatic rings. The molecule has 2 atom stereocenters. The molecule has 0 bridgehead atoms. The number of carbonyl (C=O) groups excluding carboxylic acids is 1. The van der Waals surface area contributed by atoms with Crippen molar-refractivity contribution in [3.63, 3.8) is 0 Å². The van der Waals surface area contributed by atoms with E-state index < -0.39 is 0 Å². The monoisotopic (exact) mass is 226 g/mol. The second-order valence-electron chi connectivity index (χ2n) is 5.42. The average molecular weight is 226 g/mol. The summed E-state index contributed by atoms with van der Waals surface area (Å²) in [4.78, 5) is 14.0. The van der Waals surface area contributed by atoms with Gasteiger partial charge in [-0.3, -0.25) is 4.79 Å². The quantitative estimate of drug-likeness (QED) is 0.772. The SMILES string of the molecule is CC1(CN)CCN(C(=O)CC2CCCO2)C1. The van der Waals surface area contributed by atoms with Crippen LogP contribution in [0.15, 0.2) is 0 Å². The Morgan fingerprint density at radius 2 is 2.44 bits per heavy atom. The maximum Gasteiger partial charge on any atom is 0.225 e. The maximum atomic E-state index is 12.0. The Labute approximate surface area is 97.1 Å². The predicted octanol–water partition coefficient (Wildman–Crippen LogP) is 0.753. The Morgan fingerprint density at radius 3 is 3.00 bits per heavy atom. The van der Waals surface area contributed by atoms with Gasteiger partial charge in [0.05, 0.1) is 12.5 Å². The molecule has 0 aliphatic carbocycles. The molecular weight excluding hydrogens is 204 g/mol. The molecular formula is C12H22N2O2. The van der Waals surface area contributed by atoms with Crippen LogP contribution in [0.4, 0.5) is 0 Å². The number of ether oxygens (including phenoxy) is 1. The number of amides is 1. The molecule has 4 heteroatoms. The molecule has 2 heterocycles. The van der Waals surface area contributed by atoms with E-state index >= 15 is 0 Å². The van der Waals surface area contributed by atoms with E-state index in [1.165, 1.54) is 0 Å². The number of rotatable bonds is 3. The molecule has 2 fully saturated rings. The van der Waals surface area contributed by atoms with E-state index in [1.807, 2.05) is 4.90 Å². The van der Waals surface area contributed by atoms with Crippen molar-refractivity contribution in [1.29, 1.82) is 0 Å². The van der Waals surface area contributed by atoms with Crippen LogP contribution in [-0.4, -0.2) is 43.2 Å². The number of nitrogens with two attached hydrogens (primary N) is 1. The van der Waals surface area contributed by atoms with E-state index in [0.717, 1.165) is 39.0 Å². The number of carbonyl (C=O) groups is 1. The number of hydrogen-bond donors (Lipinski definition) is 1. The van der Waals surface area contributed by atoms with Gasteiger partial charge in [0.1, 0.15) is 0 Å². The van der Waals surface area contributed by atoms with Gasteiger partial charge in [-0.05, 0) is 31.2 Å². The Kier molecular flexibility index (Phi) is 3.50. The van der Waals surface area contributed by atoms with Gasteiger partial charge in [-0.1, -0.05) is 6.92 Å². The third-order valence-electron chi connectivity index (χ3n) is 3.83. The molecule has 0 aromatic rings. The van der Waals surface area contributed by atoms with Crippen LogP contribution in [0.1, 0.15) is 32.6 Å². The summed E-state index contributed by atoms with van der Waals surface area (Å²) in [6, 6.07) is 0. The lowest BCUT2D eigenvalue weighted by molar-refractivity contribution is -0.132. The van der Waals surface area contributed by atoms with Crippen LogP contribution in [0.2, 0.25) is 0 Å². The van der Waals surface area contributed by atoms with Crippen LogP contribution in [0.5, 0.6) is 0 Å². The molecule has 0 saturated carbocycles. The van der Waals surface area contributed by atoms with E-state index in [4.69, 9.17) is 10.5 Å². The number of nitrogens with zero attached hydrogens (tertiary/aromatic N) is 1. The van der Waals surface area contributed by atoms with Crippen molar-refractivity contribution in [3.05, 3.63) is 0 Å². The summed E-state index contributed by atoms with van der Waals surface area (Å²) in [5, 5.41) is 0. The topological polar surface area (TPSA) is 55.6 Å². The third-order valence-corrected chi connectivity index (χ3v) is 3.83. The summed E-state index contributed by atoms with van der Waals surface area (Å²) >= 11 is 0. The molecule has 0 radical (unpaired) electrons. The molecule has 0 aromatic carbocycles. The van der Waals surface area contributed by atoms with Crippen LogP contribution in [0.3, 0.4) is 0 Å². The minimum atomic E-state index is 0.131. The van der Waals surface area contributed by atoms with Gasteiger partial charge in [-0.25, -0.2) is 0 Å². The van der Waals surface area contributed by atoms with Crippen molar-refractivity contribution in [2.24, 2.45) is 11.1 Å². The predicted molar refractivity (Wildman–Crippen MR) is 61.9 cm³/mol. The smallest absolute Gasteiger partial charge is 0.225 e. The summed E-state index contributed by atoms with van der Waals surface area (Å²) in [5.74, 6) is 0.240. The van der Waals surface area contributed by atoms with E-state index in [2.05, 4.69) is 6.92 Å². The first kappa shape index (κ1) is 11.9. The Hall–Kier alpha value is -0.610. The first-order valence-corrected chi connectivity index (χ1v) is 6.22. The van der Waals surface area contributed by atoms with Crippen LogP contribution < -0.4 is 5.73 Å². The molecule has 2 aliphatic heterocycles. The van der Waals surface area contributed by atoms with E-state index in [1.54, 1.807) is 0 Å². The fourth-order valence-corrected chi connectivity index (χ4v) is 2.53. The van der Waals surface area contributed by atoms with E-state index in [9.17, 15) is 4.79 Å². The van der Waals surface area contributed by atoms with Crippen molar-refractivity contribution in [1.82, 2.24) is 4.90 Å². The lowest BCUT2D eigenvalue weighted by atomic mass is 9.90. The minimum Gasteiger partial charge on any atom is -0.378 e. The molecule has 2 N–H and O–H groups in total. The highest BCUT2D eigenvalue weighted by Crippen LogP contribution is 2.29. The lowest BCUT2D eigenvalue weighted by Gasteiger charge is -2.23. The standard InChI is InChI=1S/C12H22N2O2/c1-12(8-13)4-5-14(9-12)11(15)7-10-3-2-6-16-10/h10H,2-9,13H2,1H3. The molecule has 92 valence electrons. The van der Waals surface area contributed by atoms with Crippen molar-refractivity contribution < 1.29 is 9.53 Å². The molecule has 16 heavy (non-hydrogen) atoms. The normalized spacial score (nSPS) is 34.6. The second-order valence-corrected chi connectivity index (χ2v) is 5.42. The zero-order valence-electron chi connectivity index (χ0n) is 10.1. The molecule has 2 rings (SSSR count). The largest absolute Gasteiger partial charge is 0.378 e. The van der Waals surface area contributed by atoms with Gasteiger partial charge >= 0.3 is 0 Å². The van der Waals surface area contributed by atoms with Crippen LogP contribution in [0, 0.1) is 5.41 Å². The highest BCUT2D eigenvalue weighted by Gasteiger charge is 2.35. The number of hydrogen-bond acceptors (Lipinski definition) is 3. The van der Waals surface area contributed by atoms with Gasteiger partial charge in [0.2, 0.25) is 5.91 Å². The Balaban J connectivity index is 1.82. The van der Waals surface area contributed by atoms with E-state index in [0.29, 0.717) is 13.0 Å². The van der Waals surface area contributed by atoms with Crippen LogP contribution >= 0.6 is 0 Å². The fraction of sp³-hybridized carbons (Fsp3) is 0.917. The van der Waals surface area contributed by atoms with Crippen molar-refractivity contribution in [3.8, 4) is 0 Å². The second kappa shape index (κ2) is 4.72. The minimum absolute atomic E-state index is 0.131. The molecule has 4 nitrogen and oxygen atoms in total. The van der Waals surface area contributed by atoms with Gasteiger partial charge in [-0.2, -0.15) is 0 Å². The molecule has 2 unspecified atom stereocenters. The summed E-state index contributed by atoms with van der Waals surface area (Å²) in [7, 11) is 0. The fourth-order valence-electron chi connectivity index (χ4n) is 2.53. The van der Waals surface area contributed by atoms with Crippen LogP contribution in [-0.2, 0) is 9.53 Å². The first-order valence-electron chi connectivity index (χ1n) is 6.22. The van der Waals surface area contributed by atoms with Crippen LogP contribution in [0.25, 0.3) is 0 Å². The van der Waals surface area contributed by atoms with Gasteiger partial charge in [0.25, 0.3) is 0 Å². The molecule has 2 saturated heterocycles. The van der Waals surface area contributed by atoms with E-state index in [-0.39, 0.29) is 17.4 Å². The van der Waals surface area contributed by atoms with Crippen molar-refractivity contribution in [2.45, 2.75) is 38.7 Å². The average Bonchev–Trinajstić information content (AvgIpc) is 2.88. The van der Waals surface area contributed by atoms with Crippen molar-refractivity contribution in [2.75, 3.05) is 26.2 Å². The van der Waals surface area contributed by atoms with Gasteiger partial charge in [0, 0.05) is 19.7 Å². The third kappa shape index (κ3) is 2.55. The summed E-state index contributed by atoms with van der Waals surface area (Å²) < 4.78 is 5.49. The van der Waals surface area contributed by atoms with Gasteiger partial charge in [-0.15, -0.1) is 0 Å².